The Hall–Kier alpha value is -4.08. The molecule has 0 bridgehead atoms. The van der Waals surface area contributed by atoms with Crippen LogP contribution in [-0.4, -0.2) is 15.7 Å². The highest BCUT2D eigenvalue weighted by molar-refractivity contribution is 5.76. The zero-order chi connectivity index (χ0) is 25.4. The van der Waals surface area contributed by atoms with E-state index in [9.17, 15) is 31.1 Å². The normalized spacial score (nSPS) is 12.1. The minimum absolute atomic E-state index is 0.00847. The Morgan fingerprint density at radius 3 is 1.74 bits per heavy atom. The number of carbonyl (C=O) groups excluding carboxylic acids is 1. The van der Waals surface area contributed by atoms with Gasteiger partial charge in [0.25, 0.3) is 0 Å². The van der Waals surface area contributed by atoms with Crippen molar-refractivity contribution in [3.05, 3.63) is 95.7 Å². The quantitative estimate of drug-likeness (QED) is 0.336. The number of nitrogens with two attached hydrogens (primary N) is 1. The van der Waals surface area contributed by atoms with Crippen LogP contribution in [-0.2, 0) is 23.6 Å². The summed E-state index contributed by atoms with van der Waals surface area (Å²) in [4.78, 5) is 11.1. The van der Waals surface area contributed by atoms with E-state index in [1.165, 1.54) is 24.3 Å². The molecule has 4 nitrogen and oxygen atoms in total. The molecule has 4 aromatic rings. The third-order valence-corrected chi connectivity index (χ3v) is 5.29. The van der Waals surface area contributed by atoms with Gasteiger partial charge in [0.1, 0.15) is 0 Å². The molecule has 0 aliphatic carbocycles. The second-order valence-corrected chi connectivity index (χ2v) is 7.79. The molecule has 3 aromatic carbocycles. The number of rotatable bonds is 5. The molecule has 0 saturated heterocycles. The first-order valence-electron chi connectivity index (χ1n) is 10.2. The number of nitrogens with zero attached hydrogens (tertiary/aromatic N) is 2. The fourth-order valence-corrected chi connectivity index (χ4v) is 3.56. The van der Waals surface area contributed by atoms with Crippen LogP contribution in [0.1, 0.15) is 16.8 Å². The lowest BCUT2D eigenvalue weighted by atomic mass is 10.0. The van der Waals surface area contributed by atoms with Crippen LogP contribution < -0.4 is 5.73 Å². The Morgan fingerprint density at radius 1 is 0.743 bits per heavy atom. The van der Waals surface area contributed by atoms with E-state index in [1.807, 2.05) is 0 Å². The maximum Gasteiger partial charge on any atom is 0.435 e. The van der Waals surface area contributed by atoms with Crippen LogP contribution in [0.25, 0.3) is 28.1 Å². The van der Waals surface area contributed by atoms with Gasteiger partial charge >= 0.3 is 12.4 Å². The zero-order valence-corrected chi connectivity index (χ0v) is 17.9. The summed E-state index contributed by atoms with van der Waals surface area (Å²) in [6.45, 7) is 0. The minimum atomic E-state index is -4.67. The van der Waals surface area contributed by atoms with E-state index < -0.39 is 29.5 Å². The van der Waals surface area contributed by atoms with E-state index in [-0.39, 0.29) is 12.1 Å². The highest BCUT2D eigenvalue weighted by Crippen LogP contribution is 2.35. The number of hydrogen-bond donors (Lipinski definition) is 1. The molecule has 0 saturated carbocycles. The average molecular weight is 489 g/mol. The standard InChI is InChI=1S/C25H17F6N3O/c26-24(27,28)19-9-7-17(8-10-19)16-3-5-18(6-4-16)21-14-22(25(29,30)31)33-34(21)20-11-1-15(2-12-20)13-23(32)35/h1-12,14H,13H2,(H2,32,35). The molecule has 35 heavy (non-hydrogen) atoms. The van der Waals surface area contributed by atoms with Crippen molar-refractivity contribution in [2.75, 3.05) is 0 Å². The number of aromatic nitrogens is 2. The summed E-state index contributed by atoms with van der Waals surface area (Å²) in [5, 5.41) is 3.73. The molecule has 1 heterocycles. The van der Waals surface area contributed by atoms with E-state index in [0.717, 1.165) is 22.9 Å². The predicted molar refractivity (Wildman–Crippen MR) is 117 cm³/mol. The molecule has 1 amide bonds. The number of carbonyl (C=O) groups is 1. The molecule has 0 fully saturated rings. The zero-order valence-electron chi connectivity index (χ0n) is 17.9. The third kappa shape index (κ3) is 5.37. The summed E-state index contributed by atoms with van der Waals surface area (Å²) in [5.41, 5.74) is 5.97. The van der Waals surface area contributed by atoms with E-state index in [4.69, 9.17) is 5.73 Å². The van der Waals surface area contributed by atoms with Gasteiger partial charge in [-0.2, -0.15) is 31.4 Å². The van der Waals surface area contributed by atoms with Crippen LogP contribution in [0.5, 0.6) is 0 Å². The first-order chi connectivity index (χ1) is 16.4. The summed E-state index contributed by atoms with van der Waals surface area (Å²) in [7, 11) is 0. The lowest BCUT2D eigenvalue weighted by molar-refractivity contribution is -0.141. The van der Waals surface area contributed by atoms with Crippen LogP contribution in [0.2, 0.25) is 0 Å². The molecule has 0 unspecified atom stereocenters. The van der Waals surface area contributed by atoms with E-state index in [0.29, 0.717) is 27.9 Å². The molecule has 2 N–H and O–H groups in total. The highest BCUT2D eigenvalue weighted by Gasteiger charge is 2.35. The molecule has 0 radical (unpaired) electrons. The number of benzene rings is 3. The van der Waals surface area contributed by atoms with E-state index in [1.54, 1.807) is 36.4 Å². The fourth-order valence-electron chi connectivity index (χ4n) is 3.56. The number of hydrogen-bond acceptors (Lipinski definition) is 2. The van der Waals surface area contributed by atoms with Gasteiger partial charge in [0, 0.05) is 5.56 Å². The van der Waals surface area contributed by atoms with Gasteiger partial charge in [0.15, 0.2) is 5.69 Å². The van der Waals surface area contributed by atoms with Crippen molar-refractivity contribution in [3.8, 4) is 28.1 Å². The molecule has 10 heteroatoms. The second-order valence-electron chi connectivity index (χ2n) is 7.79. The largest absolute Gasteiger partial charge is 0.435 e. The smallest absolute Gasteiger partial charge is 0.369 e. The Morgan fingerprint density at radius 2 is 1.26 bits per heavy atom. The molecule has 4 rings (SSSR count). The average Bonchev–Trinajstić information content (AvgIpc) is 3.25. The molecule has 0 spiro atoms. The van der Waals surface area contributed by atoms with Crippen molar-refractivity contribution in [2.24, 2.45) is 5.73 Å². The molecule has 0 aliphatic heterocycles. The lowest BCUT2D eigenvalue weighted by Crippen LogP contribution is -2.13. The van der Waals surface area contributed by atoms with Crippen LogP contribution >= 0.6 is 0 Å². The second kappa shape index (κ2) is 8.94. The summed E-state index contributed by atoms with van der Waals surface area (Å²) in [6.07, 6.45) is -9.13. The Balaban J connectivity index is 1.70. The Labute approximate surface area is 195 Å². The van der Waals surface area contributed by atoms with Gasteiger partial charge in [0.2, 0.25) is 5.91 Å². The predicted octanol–water partition coefficient (Wildman–Crippen LogP) is 6.27. The Kier molecular flexibility index (Phi) is 6.14. The van der Waals surface area contributed by atoms with Gasteiger partial charge in [-0.3, -0.25) is 4.79 Å². The molecule has 1 aromatic heterocycles. The number of primary amides is 1. The fraction of sp³-hybridized carbons (Fsp3) is 0.120. The van der Waals surface area contributed by atoms with Crippen molar-refractivity contribution < 1.29 is 31.1 Å². The summed E-state index contributed by atoms with van der Waals surface area (Å²) in [5.74, 6) is -0.537. The topological polar surface area (TPSA) is 60.9 Å². The molecular weight excluding hydrogens is 472 g/mol. The van der Waals surface area contributed by atoms with Crippen molar-refractivity contribution in [3.63, 3.8) is 0 Å². The van der Waals surface area contributed by atoms with Gasteiger partial charge in [-0.25, -0.2) is 4.68 Å². The van der Waals surface area contributed by atoms with Gasteiger partial charge in [-0.05, 0) is 47.0 Å². The number of alkyl halides is 6. The van der Waals surface area contributed by atoms with Crippen molar-refractivity contribution in [1.29, 1.82) is 0 Å². The van der Waals surface area contributed by atoms with Crippen molar-refractivity contribution in [1.82, 2.24) is 9.78 Å². The van der Waals surface area contributed by atoms with Gasteiger partial charge in [-0.15, -0.1) is 0 Å². The lowest BCUT2D eigenvalue weighted by Gasteiger charge is -2.10. The molecule has 0 aliphatic rings. The SMILES string of the molecule is NC(=O)Cc1ccc(-n2nc(C(F)(F)F)cc2-c2ccc(-c3ccc(C(F)(F)F)cc3)cc2)cc1. The minimum Gasteiger partial charge on any atom is -0.369 e. The van der Waals surface area contributed by atoms with Gasteiger partial charge in [-0.1, -0.05) is 48.5 Å². The maximum absolute atomic E-state index is 13.4. The third-order valence-electron chi connectivity index (χ3n) is 5.29. The monoisotopic (exact) mass is 489 g/mol. The van der Waals surface area contributed by atoms with Gasteiger partial charge < -0.3 is 5.73 Å². The first kappa shape index (κ1) is 24.1. The maximum atomic E-state index is 13.4. The highest BCUT2D eigenvalue weighted by atomic mass is 19.4. The molecule has 180 valence electrons. The van der Waals surface area contributed by atoms with E-state index >= 15 is 0 Å². The molecule has 0 atom stereocenters. The van der Waals surface area contributed by atoms with Gasteiger partial charge in [0.05, 0.1) is 23.4 Å². The van der Waals surface area contributed by atoms with Crippen LogP contribution in [0.3, 0.4) is 0 Å². The number of halogens is 6. The number of amides is 1. The summed E-state index contributed by atoms with van der Waals surface area (Å²) in [6, 6.07) is 18.1. The van der Waals surface area contributed by atoms with Crippen LogP contribution in [0.4, 0.5) is 26.3 Å². The van der Waals surface area contributed by atoms with Crippen molar-refractivity contribution in [2.45, 2.75) is 18.8 Å². The molecular formula is C25H17F6N3O. The summed E-state index contributed by atoms with van der Waals surface area (Å²) < 4.78 is 79.8. The Bertz CT molecular complexity index is 1340. The van der Waals surface area contributed by atoms with Crippen LogP contribution in [0, 0.1) is 0 Å². The van der Waals surface area contributed by atoms with Crippen molar-refractivity contribution >= 4 is 5.91 Å². The van der Waals surface area contributed by atoms with E-state index in [2.05, 4.69) is 5.10 Å². The van der Waals surface area contributed by atoms with Crippen LogP contribution in [0.15, 0.2) is 78.9 Å². The first-order valence-corrected chi connectivity index (χ1v) is 10.2. The summed E-state index contributed by atoms with van der Waals surface area (Å²) >= 11 is 0.